The molecule has 0 amide bonds. The van der Waals surface area contributed by atoms with Crippen molar-refractivity contribution in [3.63, 3.8) is 0 Å². The fourth-order valence-corrected chi connectivity index (χ4v) is 6.44. The SMILES string of the molecule is Cc1nc(CN2C[C@H]3CN(Cc4ccncc4)C[C@H]3S2(=O)=O)cs1. The van der Waals surface area contributed by atoms with Gasteiger partial charge in [-0.2, -0.15) is 4.31 Å². The zero-order valence-electron chi connectivity index (χ0n) is 13.5. The molecule has 0 bridgehead atoms. The summed E-state index contributed by atoms with van der Waals surface area (Å²) >= 11 is 1.56. The van der Waals surface area contributed by atoms with Crippen molar-refractivity contribution in [2.24, 2.45) is 5.92 Å². The average Bonchev–Trinajstić information content (AvgIpc) is 3.19. The highest BCUT2D eigenvalue weighted by Gasteiger charge is 2.50. The van der Waals surface area contributed by atoms with Crippen molar-refractivity contribution >= 4 is 21.4 Å². The summed E-state index contributed by atoms with van der Waals surface area (Å²) in [6, 6.07) is 3.97. The Balaban J connectivity index is 1.44. The number of aromatic nitrogens is 2. The van der Waals surface area contributed by atoms with Crippen molar-refractivity contribution in [1.82, 2.24) is 19.2 Å². The molecule has 4 heterocycles. The van der Waals surface area contributed by atoms with Crippen LogP contribution >= 0.6 is 11.3 Å². The average molecular weight is 364 g/mol. The molecule has 0 saturated carbocycles. The number of thiazole rings is 1. The molecule has 2 aliphatic rings. The maximum atomic E-state index is 12.8. The molecule has 24 heavy (non-hydrogen) atoms. The normalized spacial score (nSPS) is 26.7. The predicted octanol–water partition coefficient (Wildman–Crippen LogP) is 1.49. The predicted molar refractivity (Wildman–Crippen MR) is 93.0 cm³/mol. The number of hydrogen-bond donors (Lipinski definition) is 0. The molecule has 2 saturated heterocycles. The van der Waals surface area contributed by atoms with Crippen molar-refractivity contribution in [2.75, 3.05) is 19.6 Å². The molecule has 0 spiro atoms. The minimum absolute atomic E-state index is 0.191. The molecule has 0 unspecified atom stereocenters. The Kier molecular flexibility index (Phi) is 4.16. The van der Waals surface area contributed by atoms with Crippen LogP contribution in [0.1, 0.15) is 16.3 Å². The Morgan fingerprint density at radius 2 is 2.00 bits per heavy atom. The second kappa shape index (κ2) is 6.18. The maximum absolute atomic E-state index is 12.8. The Bertz CT molecular complexity index is 822. The topological polar surface area (TPSA) is 66.4 Å². The van der Waals surface area contributed by atoms with E-state index in [0.717, 1.165) is 23.8 Å². The second-order valence-electron chi connectivity index (χ2n) is 6.54. The quantitative estimate of drug-likeness (QED) is 0.822. The summed E-state index contributed by atoms with van der Waals surface area (Å²) < 4.78 is 27.3. The summed E-state index contributed by atoms with van der Waals surface area (Å²) in [6.45, 7) is 5.19. The van der Waals surface area contributed by atoms with Gasteiger partial charge < -0.3 is 0 Å². The Hall–Kier alpha value is -1.35. The van der Waals surface area contributed by atoms with Gasteiger partial charge in [0.15, 0.2) is 0 Å². The fraction of sp³-hybridized carbons (Fsp3) is 0.500. The van der Waals surface area contributed by atoms with E-state index in [1.165, 1.54) is 5.56 Å². The van der Waals surface area contributed by atoms with Crippen LogP contribution < -0.4 is 0 Å². The molecule has 6 nitrogen and oxygen atoms in total. The first kappa shape index (κ1) is 16.1. The van der Waals surface area contributed by atoms with Crippen molar-refractivity contribution in [3.8, 4) is 0 Å². The molecule has 0 radical (unpaired) electrons. The first-order valence-electron chi connectivity index (χ1n) is 8.03. The van der Waals surface area contributed by atoms with E-state index in [1.807, 2.05) is 24.4 Å². The van der Waals surface area contributed by atoms with Gasteiger partial charge in [0.1, 0.15) is 0 Å². The van der Waals surface area contributed by atoms with Gasteiger partial charge in [-0.15, -0.1) is 11.3 Å². The molecule has 4 rings (SSSR count). The Labute approximate surface area is 146 Å². The lowest BCUT2D eigenvalue weighted by Crippen LogP contribution is -2.34. The van der Waals surface area contributed by atoms with Gasteiger partial charge in [-0.05, 0) is 24.6 Å². The standard InChI is InChI=1S/C16H20N4O2S2/c1-12-18-15(11-23-12)9-20-8-14-7-19(10-16(14)24(20,21)22)6-13-2-4-17-5-3-13/h2-5,11,14,16H,6-10H2,1H3/t14-,16-/m1/s1. The number of rotatable bonds is 4. The van der Waals surface area contributed by atoms with E-state index in [4.69, 9.17) is 0 Å². The number of nitrogens with zero attached hydrogens (tertiary/aromatic N) is 4. The van der Waals surface area contributed by atoms with Crippen molar-refractivity contribution < 1.29 is 8.42 Å². The molecule has 0 N–H and O–H groups in total. The van der Waals surface area contributed by atoms with E-state index in [2.05, 4.69) is 14.9 Å². The number of fused-ring (bicyclic) bond motifs is 1. The second-order valence-corrected chi connectivity index (χ2v) is 9.76. The van der Waals surface area contributed by atoms with Gasteiger partial charge in [-0.25, -0.2) is 13.4 Å². The molecular formula is C16H20N4O2S2. The molecular weight excluding hydrogens is 344 g/mol. The largest absolute Gasteiger partial charge is 0.297 e. The van der Waals surface area contributed by atoms with Crippen LogP contribution in [0, 0.1) is 12.8 Å². The van der Waals surface area contributed by atoms with Crippen LogP contribution in [-0.4, -0.2) is 52.5 Å². The van der Waals surface area contributed by atoms with Crippen LogP contribution in [0.2, 0.25) is 0 Å². The Morgan fingerprint density at radius 1 is 1.21 bits per heavy atom. The van der Waals surface area contributed by atoms with Gasteiger partial charge in [0, 0.05) is 49.9 Å². The molecule has 8 heteroatoms. The summed E-state index contributed by atoms with van der Waals surface area (Å²) in [6.07, 6.45) is 3.56. The molecule has 2 atom stereocenters. The van der Waals surface area contributed by atoms with Crippen LogP contribution in [0.15, 0.2) is 29.9 Å². The Morgan fingerprint density at radius 3 is 2.67 bits per heavy atom. The van der Waals surface area contributed by atoms with Crippen molar-refractivity contribution in [2.45, 2.75) is 25.3 Å². The molecule has 0 aromatic carbocycles. The lowest BCUT2D eigenvalue weighted by atomic mass is 10.1. The molecule has 2 aromatic rings. The van der Waals surface area contributed by atoms with Gasteiger partial charge in [-0.3, -0.25) is 9.88 Å². The summed E-state index contributed by atoms with van der Waals surface area (Å²) in [7, 11) is -3.23. The number of likely N-dealkylation sites (tertiary alicyclic amines) is 1. The third-order valence-corrected chi connectivity index (χ3v) is 7.92. The van der Waals surface area contributed by atoms with E-state index in [0.29, 0.717) is 19.6 Å². The number of pyridine rings is 1. The van der Waals surface area contributed by atoms with Gasteiger partial charge in [0.2, 0.25) is 10.0 Å². The minimum Gasteiger partial charge on any atom is -0.297 e. The molecule has 2 aromatic heterocycles. The summed E-state index contributed by atoms with van der Waals surface area (Å²) in [5, 5.41) is 2.65. The molecule has 2 aliphatic heterocycles. The first-order valence-corrected chi connectivity index (χ1v) is 10.4. The molecule has 2 fully saturated rings. The molecule has 0 aliphatic carbocycles. The lowest BCUT2D eigenvalue weighted by Gasteiger charge is -2.20. The van der Waals surface area contributed by atoms with Crippen LogP contribution in [0.4, 0.5) is 0 Å². The maximum Gasteiger partial charge on any atom is 0.218 e. The number of aryl methyl sites for hydroxylation is 1. The monoisotopic (exact) mass is 364 g/mol. The van der Waals surface area contributed by atoms with Gasteiger partial charge in [-0.1, -0.05) is 0 Å². The van der Waals surface area contributed by atoms with E-state index in [9.17, 15) is 8.42 Å². The first-order chi connectivity index (χ1) is 11.5. The van der Waals surface area contributed by atoms with Crippen LogP contribution in [-0.2, 0) is 23.1 Å². The zero-order chi connectivity index (χ0) is 16.7. The minimum atomic E-state index is -3.23. The van der Waals surface area contributed by atoms with Crippen LogP contribution in [0.25, 0.3) is 0 Å². The van der Waals surface area contributed by atoms with Crippen LogP contribution in [0.5, 0.6) is 0 Å². The van der Waals surface area contributed by atoms with Gasteiger partial charge >= 0.3 is 0 Å². The third kappa shape index (κ3) is 2.99. The van der Waals surface area contributed by atoms with Gasteiger partial charge in [0.05, 0.1) is 22.5 Å². The third-order valence-electron chi connectivity index (χ3n) is 4.80. The van der Waals surface area contributed by atoms with Crippen molar-refractivity contribution in [3.05, 3.63) is 46.2 Å². The lowest BCUT2D eigenvalue weighted by molar-refractivity contribution is 0.294. The van der Waals surface area contributed by atoms with E-state index < -0.39 is 10.0 Å². The summed E-state index contributed by atoms with van der Waals surface area (Å²) in [5.74, 6) is 0.191. The highest BCUT2D eigenvalue weighted by Crippen LogP contribution is 2.35. The van der Waals surface area contributed by atoms with E-state index in [1.54, 1.807) is 28.0 Å². The summed E-state index contributed by atoms with van der Waals surface area (Å²) in [4.78, 5) is 10.7. The van der Waals surface area contributed by atoms with E-state index in [-0.39, 0.29) is 11.2 Å². The fourth-order valence-electron chi connectivity index (χ4n) is 3.69. The highest BCUT2D eigenvalue weighted by atomic mass is 32.2. The van der Waals surface area contributed by atoms with Crippen molar-refractivity contribution in [1.29, 1.82) is 0 Å². The zero-order valence-corrected chi connectivity index (χ0v) is 15.1. The summed E-state index contributed by atoms with van der Waals surface area (Å²) in [5.41, 5.74) is 2.03. The van der Waals surface area contributed by atoms with Crippen LogP contribution in [0.3, 0.4) is 0 Å². The number of hydrogen-bond acceptors (Lipinski definition) is 6. The molecule has 128 valence electrons. The smallest absolute Gasteiger partial charge is 0.218 e. The number of sulfonamides is 1. The van der Waals surface area contributed by atoms with Gasteiger partial charge in [0.25, 0.3) is 0 Å². The van der Waals surface area contributed by atoms with E-state index >= 15 is 0 Å². The highest BCUT2D eigenvalue weighted by molar-refractivity contribution is 7.90.